The van der Waals surface area contributed by atoms with Crippen LogP contribution in [-0.4, -0.2) is 29.9 Å². The maximum absolute atomic E-state index is 5.29. The minimum Gasteiger partial charge on any atom is -0.264 e. The minimum absolute atomic E-state index is 0.680. The van der Waals surface area contributed by atoms with E-state index in [1.807, 2.05) is 42.7 Å². The van der Waals surface area contributed by atoms with E-state index >= 15 is 0 Å². The van der Waals surface area contributed by atoms with Gasteiger partial charge >= 0.3 is 0 Å². The molecule has 16 aromatic carbocycles. The molecule has 0 aliphatic rings. The zero-order chi connectivity index (χ0) is 71.7. The molecule has 0 aliphatic heterocycles. The number of pyridine rings is 2. The highest BCUT2D eigenvalue weighted by molar-refractivity contribution is 6.24. The third kappa shape index (κ3) is 12.3. The molecule has 4 heterocycles. The van der Waals surface area contributed by atoms with E-state index in [4.69, 9.17) is 19.9 Å². The molecule has 504 valence electrons. The molecule has 20 rings (SSSR count). The van der Waals surface area contributed by atoms with Crippen LogP contribution in [0.1, 0.15) is 0 Å². The fraction of sp³-hybridized carbons (Fsp3) is 0. The van der Waals surface area contributed by atoms with Crippen molar-refractivity contribution in [3.63, 3.8) is 0 Å². The van der Waals surface area contributed by atoms with Gasteiger partial charge in [-0.3, -0.25) is 9.97 Å². The average molecular weight is 1380 g/mol. The van der Waals surface area contributed by atoms with Crippen molar-refractivity contribution >= 4 is 64.6 Å². The Hall–Kier alpha value is -14.5. The largest absolute Gasteiger partial charge is 0.264 e. The van der Waals surface area contributed by atoms with Gasteiger partial charge in [-0.1, -0.05) is 340 Å². The molecule has 0 radical (unpaired) electrons. The van der Waals surface area contributed by atoms with Gasteiger partial charge in [-0.25, -0.2) is 19.9 Å². The van der Waals surface area contributed by atoms with Crippen LogP contribution in [0.5, 0.6) is 0 Å². The first-order valence-corrected chi connectivity index (χ1v) is 36.5. The van der Waals surface area contributed by atoms with Crippen molar-refractivity contribution in [2.45, 2.75) is 0 Å². The first-order chi connectivity index (χ1) is 53.5. The van der Waals surface area contributed by atoms with Crippen LogP contribution < -0.4 is 0 Å². The Morgan fingerprint density at radius 2 is 0.481 bits per heavy atom. The van der Waals surface area contributed by atoms with E-state index in [1.54, 1.807) is 12.4 Å². The Balaban J connectivity index is 0.000000149. The van der Waals surface area contributed by atoms with Gasteiger partial charge in [0.15, 0.2) is 11.6 Å². The molecule has 0 atom stereocenters. The number of fused-ring (bicyclic) bond motifs is 6. The van der Waals surface area contributed by atoms with Crippen LogP contribution in [-0.2, 0) is 0 Å². The van der Waals surface area contributed by atoms with Crippen molar-refractivity contribution in [2.24, 2.45) is 0 Å². The lowest BCUT2D eigenvalue weighted by Crippen LogP contribution is -1.97. The number of rotatable bonds is 12. The quantitative estimate of drug-likeness (QED) is 0.113. The minimum atomic E-state index is 0.680. The molecule has 0 saturated carbocycles. The average Bonchev–Trinajstić information content (AvgIpc) is 0.731. The molecule has 0 amide bonds. The van der Waals surface area contributed by atoms with Crippen molar-refractivity contribution in [1.82, 2.24) is 29.9 Å². The zero-order valence-corrected chi connectivity index (χ0v) is 58.8. The number of hydrogen-bond acceptors (Lipinski definition) is 6. The van der Waals surface area contributed by atoms with Crippen molar-refractivity contribution in [2.75, 3.05) is 0 Å². The maximum atomic E-state index is 5.29. The standard InChI is InChI=1S/C55H35N3.C47H31N3/c1-2-14-40-32-41(30-27-36(40)12-1)52-34-51(39-28-25-37(26-29-39)44-18-11-31-56-35-44)57-55(58-52)43-17-9-16-42(33-43)53-47-20-5-7-22-49(47)54(50-23-8-6-21-48(50)53)46-24-10-15-38-13-3-4-19-45(38)46;1-3-12-33(13-4-1)43-30-44(34-23-21-32(22-24-34)38-16-11-29-48-31-38)50-47(49-43)37-27-25-36(26-28-37)46-41-19-9-7-17-39(41)45(35-14-5-2-6-15-35)40-18-8-10-20-42(40)46/h1-35H;1-31H. The lowest BCUT2D eigenvalue weighted by Gasteiger charge is -2.19. The third-order valence-corrected chi connectivity index (χ3v) is 20.7. The van der Waals surface area contributed by atoms with Gasteiger partial charge in [0.25, 0.3) is 0 Å². The molecule has 6 heteroatoms. The summed E-state index contributed by atoms with van der Waals surface area (Å²) in [5.41, 5.74) is 23.7. The molecular formula is C102H66N6. The lowest BCUT2D eigenvalue weighted by molar-refractivity contribution is 1.18. The van der Waals surface area contributed by atoms with Crippen LogP contribution in [0.4, 0.5) is 0 Å². The van der Waals surface area contributed by atoms with E-state index < -0.39 is 0 Å². The van der Waals surface area contributed by atoms with Crippen molar-refractivity contribution in [3.05, 3.63) is 401 Å². The first-order valence-electron chi connectivity index (χ1n) is 36.5. The number of benzene rings is 16. The highest BCUT2D eigenvalue weighted by Gasteiger charge is 2.22. The van der Waals surface area contributed by atoms with E-state index in [0.717, 1.165) is 89.5 Å². The summed E-state index contributed by atoms with van der Waals surface area (Å²) < 4.78 is 0. The normalized spacial score (nSPS) is 11.3. The molecule has 0 N–H and O–H groups in total. The second-order valence-corrected chi connectivity index (χ2v) is 27.2. The van der Waals surface area contributed by atoms with Gasteiger partial charge in [-0.15, -0.1) is 0 Å². The summed E-state index contributed by atoms with van der Waals surface area (Å²) >= 11 is 0. The van der Waals surface area contributed by atoms with E-state index in [1.165, 1.54) is 98.0 Å². The summed E-state index contributed by atoms with van der Waals surface area (Å²) in [5, 5.41) is 14.7. The van der Waals surface area contributed by atoms with Crippen LogP contribution in [0.2, 0.25) is 0 Å². The number of hydrogen-bond donors (Lipinski definition) is 0. The van der Waals surface area contributed by atoms with Gasteiger partial charge < -0.3 is 0 Å². The summed E-state index contributed by atoms with van der Waals surface area (Å²) in [6.45, 7) is 0. The highest BCUT2D eigenvalue weighted by Crippen LogP contribution is 2.48. The molecule has 0 fully saturated rings. The predicted octanol–water partition coefficient (Wildman–Crippen LogP) is 26.7. The van der Waals surface area contributed by atoms with Crippen LogP contribution in [0.3, 0.4) is 0 Å². The van der Waals surface area contributed by atoms with Crippen LogP contribution in [0.25, 0.3) is 199 Å². The molecule has 0 bridgehead atoms. The third-order valence-electron chi connectivity index (χ3n) is 20.7. The van der Waals surface area contributed by atoms with Gasteiger partial charge in [0.2, 0.25) is 0 Å². The number of aromatic nitrogens is 6. The van der Waals surface area contributed by atoms with Crippen LogP contribution in [0.15, 0.2) is 401 Å². The smallest absolute Gasteiger partial charge is 0.160 e. The second kappa shape index (κ2) is 28.3. The van der Waals surface area contributed by atoms with Crippen LogP contribution >= 0.6 is 0 Å². The molecule has 0 aliphatic carbocycles. The molecule has 0 saturated heterocycles. The van der Waals surface area contributed by atoms with Gasteiger partial charge in [0.05, 0.1) is 22.8 Å². The van der Waals surface area contributed by atoms with Crippen LogP contribution in [0, 0.1) is 0 Å². The summed E-state index contributed by atoms with van der Waals surface area (Å²) in [4.78, 5) is 29.4. The fourth-order valence-electron chi connectivity index (χ4n) is 15.6. The number of nitrogens with zero attached hydrogens (tertiary/aromatic N) is 6. The SMILES string of the molecule is c1ccc(-c2cc(-c3ccc(-c4cccnc4)cc3)nc(-c3ccc(-c4c5ccccc5c(-c5ccccc5)c5ccccc45)cc3)n2)cc1.c1cncc(-c2ccc(-c3cc(-c4ccc5ccccc5c4)nc(-c4cccc(-c5c6ccccc6c(-c6cccc7ccccc67)c6ccccc56)c4)n3)cc2)c1. The Morgan fingerprint density at radius 1 is 0.157 bits per heavy atom. The molecule has 108 heavy (non-hydrogen) atoms. The second-order valence-electron chi connectivity index (χ2n) is 27.2. The topological polar surface area (TPSA) is 77.3 Å². The van der Waals surface area contributed by atoms with E-state index in [0.29, 0.717) is 11.6 Å². The van der Waals surface area contributed by atoms with E-state index in [2.05, 4.69) is 356 Å². The van der Waals surface area contributed by atoms with E-state index in [-0.39, 0.29) is 0 Å². The summed E-state index contributed by atoms with van der Waals surface area (Å²) in [6, 6.07) is 133. The molecule has 4 aromatic heterocycles. The Morgan fingerprint density at radius 3 is 0.981 bits per heavy atom. The molecule has 6 nitrogen and oxygen atoms in total. The summed E-state index contributed by atoms with van der Waals surface area (Å²) in [6.07, 6.45) is 7.38. The maximum Gasteiger partial charge on any atom is 0.160 e. The Kier molecular flexibility index (Phi) is 16.9. The van der Waals surface area contributed by atoms with Gasteiger partial charge in [0.1, 0.15) is 0 Å². The molecule has 0 unspecified atom stereocenters. The Labute approximate surface area is 626 Å². The van der Waals surface area contributed by atoms with Gasteiger partial charge in [-0.2, -0.15) is 0 Å². The molecule has 20 aromatic rings. The van der Waals surface area contributed by atoms with Gasteiger partial charge in [-0.05, 0) is 168 Å². The molecular weight excluding hydrogens is 1310 g/mol. The fourth-order valence-corrected chi connectivity index (χ4v) is 15.6. The zero-order valence-electron chi connectivity index (χ0n) is 58.8. The first kappa shape index (κ1) is 64.4. The lowest BCUT2D eigenvalue weighted by atomic mass is 9.84. The summed E-state index contributed by atoms with van der Waals surface area (Å²) in [7, 11) is 0. The van der Waals surface area contributed by atoms with Crippen molar-refractivity contribution < 1.29 is 0 Å². The monoisotopic (exact) mass is 1370 g/mol. The highest BCUT2D eigenvalue weighted by atomic mass is 14.9. The summed E-state index contributed by atoms with van der Waals surface area (Å²) in [5.74, 6) is 1.37. The van der Waals surface area contributed by atoms with E-state index in [9.17, 15) is 0 Å². The Bertz CT molecular complexity index is 6630. The predicted molar refractivity (Wildman–Crippen MR) is 450 cm³/mol. The van der Waals surface area contributed by atoms with Crippen molar-refractivity contribution in [1.29, 1.82) is 0 Å². The van der Waals surface area contributed by atoms with Gasteiger partial charge in [0, 0.05) is 58.2 Å². The molecule has 0 spiro atoms. The van der Waals surface area contributed by atoms with Crippen molar-refractivity contribution in [3.8, 4) is 135 Å².